The predicted molar refractivity (Wildman–Crippen MR) is 131 cm³/mol. The number of aliphatic imine (C=N–C) groups is 1. The Morgan fingerprint density at radius 3 is 1.87 bits per heavy atom. The summed E-state index contributed by atoms with van der Waals surface area (Å²) in [6.07, 6.45) is 6.55. The third-order valence-electron chi connectivity index (χ3n) is 3.05. The van der Waals surface area contributed by atoms with Gasteiger partial charge >= 0.3 is 0 Å². The minimum absolute atomic E-state index is 0.0354. The molecule has 0 spiro atoms. The van der Waals surface area contributed by atoms with Gasteiger partial charge in [-0.3, -0.25) is 4.79 Å². The van der Waals surface area contributed by atoms with E-state index in [1.165, 1.54) is 12.5 Å². The van der Waals surface area contributed by atoms with Gasteiger partial charge in [-0.05, 0) is 39.0 Å². The second-order valence-electron chi connectivity index (χ2n) is 5.64. The lowest BCUT2D eigenvalue weighted by Crippen LogP contribution is -2.19. The molecule has 0 radical (unpaired) electrons. The maximum atomic E-state index is 13.2. The molecule has 0 aliphatic heterocycles. The minimum Gasteiger partial charge on any atom is -0.512 e. The van der Waals surface area contributed by atoms with E-state index in [-0.39, 0.29) is 18.8 Å². The zero-order valence-electron chi connectivity index (χ0n) is 21.0. The molecule has 0 aliphatic rings. The highest BCUT2D eigenvalue weighted by Crippen LogP contribution is 2.11. The molecule has 8 heteroatoms. The van der Waals surface area contributed by atoms with Crippen molar-refractivity contribution in [3.8, 4) is 0 Å². The van der Waals surface area contributed by atoms with Gasteiger partial charge in [0, 0.05) is 19.4 Å². The smallest absolute Gasteiger partial charge is 0.280 e. The van der Waals surface area contributed by atoms with Gasteiger partial charge in [-0.15, -0.1) is 0 Å². The number of hydrogen-bond acceptors (Lipinski definition) is 4. The van der Waals surface area contributed by atoms with E-state index in [0.717, 1.165) is 19.6 Å². The number of allylic oxidation sites excluding steroid dienone is 5. The first-order valence-corrected chi connectivity index (χ1v) is 10.6. The molecular formula is C23H47F2N3O3. The second-order valence-corrected chi connectivity index (χ2v) is 5.64. The lowest BCUT2D eigenvalue weighted by atomic mass is 10.1. The maximum absolute atomic E-state index is 13.2. The summed E-state index contributed by atoms with van der Waals surface area (Å²) >= 11 is 0. The van der Waals surface area contributed by atoms with Crippen LogP contribution in [0.4, 0.5) is 8.78 Å². The molecule has 0 saturated carbocycles. The largest absolute Gasteiger partial charge is 0.512 e. The number of carbonyl (C=O) groups excluding carboxylic acids is 1. The van der Waals surface area contributed by atoms with Gasteiger partial charge in [-0.1, -0.05) is 54.0 Å². The standard InChI is InChI=1S/C10H15F2N3O.C7H14O.C3H8.C2H6.CH4O/c1-2-3-8(12)7(6-11)10(16)15-9(14)4-5-13;1-4-6(3)7(8)5-2;1-3-2;2*1-2/h2-3H,4-6,13H2,1H3,(H2,14,15,16);5-6,8H,4H2,1-3H3;3H2,1-2H3;1-2H3;2H,1H3/b3-2-,8-7-;7-5+;;;. The van der Waals surface area contributed by atoms with Crippen molar-refractivity contribution < 1.29 is 23.8 Å². The van der Waals surface area contributed by atoms with Crippen molar-refractivity contribution in [1.82, 2.24) is 0 Å². The summed E-state index contributed by atoms with van der Waals surface area (Å²) in [4.78, 5) is 14.6. The van der Waals surface area contributed by atoms with Crippen molar-refractivity contribution in [2.24, 2.45) is 22.4 Å². The fraction of sp³-hybridized carbons (Fsp3) is 0.652. The third-order valence-corrected chi connectivity index (χ3v) is 3.05. The molecule has 0 aliphatic carbocycles. The van der Waals surface area contributed by atoms with Crippen LogP contribution in [0, 0.1) is 5.92 Å². The number of aliphatic hydroxyl groups is 2. The first-order chi connectivity index (χ1) is 14.7. The van der Waals surface area contributed by atoms with Crippen LogP contribution in [-0.2, 0) is 4.79 Å². The van der Waals surface area contributed by atoms with E-state index in [2.05, 4.69) is 25.8 Å². The van der Waals surface area contributed by atoms with Crippen LogP contribution in [0.5, 0.6) is 0 Å². The van der Waals surface area contributed by atoms with Gasteiger partial charge in [0.2, 0.25) is 0 Å². The van der Waals surface area contributed by atoms with Gasteiger partial charge in [0.25, 0.3) is 5.91 Å². The molecule has 0 heterocycles. The predicted octanol–water partition coefficient (Wildman–Crippen LogP) is 5.53. The number of amides is 1. The summed E-state index contributed by atoms with van der Waals surface area (Å²) in [5.74, 6) is -1.15. The lowest BCUT2D eigenvalue weighted by Gasteiger charge is -2.04. The van der Waals surface area contributed by atoms with Crippen LogP contribution < -0.4 is 11.5 Å². The highest BCUT2D eigenvalue weighted by Gasteiger charge is 2.13. The molecule has 0 saturated heterocycles. The Kier molecular flexibility index (Phi) is 41.5. The average molecular weight is 452 g/mol. The highest BCUT2D eigenvalue weighted by atomic mass is 19.1. The molecule has 0 aromatic heterocycles. The molecule has 186 valence electrons. The van der Waals surface area contributed by atoms with Crippen LogP contribution in [0.2, 0.25) is 0 Å². The molecule has 6 N–H and O–H groups in total. The maximum Gasteiger partial charge on any atom is 0.280 e. The van der Waals surface area contributed by atoms with Crippen LogP contribution >= 0.6 is 0 Å². The van der Waals surface area contributed by atoms with Crippen molar-refractivity contribution in [2.75, 3.05) is 20.3 Å². The zero-order valence-corrected chi connectivity index (χ0v) is 21.0. The summed E-state index contributed by atoms with van der Waals surface area (Å²) in [5.41, 5.74) is 9.85. The van der Waals surface area contributed by atoms with Crippen molar-refractivity contribution >= 4 is 11.7 Å². The van der Waals surface area contributed by atoms with Gasteiger partial charge in [-0.25, -0.2) is 8.78 Å². The first kappa shape index (κ1) is 39.4. The van der Waals surface area contributed by atoms with Gasteiger partial charge in [0.05, 0.1) is 11.3 Å². The molecule has 31 heavy (non-hydrogen) atoms. The molecule has 1 unspecified atom stereocenters. The Morgan fingerprint density at radius 1 is 1.16 bits per heavy atom. The van der Waals surface area contributed by atoms with Gasteiger partial charge in [-0.2, -0.15) is 4.99 Å². The third kappa shape index (κ3) is 27.9. The molecule has 0 bridgehead atoms. The summed E-state index contributed by atoms with van der Waals surface area (Å²) in [6, 6.07) is 0. The number of aliphatic hydroxyl groups excluding tert-OH is 2. The Balaban J connectivity index is -0.000000125. The van der Waals surface area contributed by atoms with Crippen LogP contribution in [-0.4, -0.2) is 42.3 Å². The normalized spacial score (nSPS) is 12.4. The van der Waals surface area contributed by atoms with E-state index in [0.29, 0.717) is 11.7 Å². The fourth-order valence-corrected chi connectivity index (χ4v) is 1.37. The highest BCUT2D eigenvalue weighted by molar-refractivity contribution is 6.03. The van der Waals surface area contributed by atoms with Gasteiger partial charge in [0.15, 0.2) is 0 Å². The monoisotopic (exact) mass is 451 g/mol. The van der Waals surface area contributed by atoms with E-state index < -0.39 is 24.0 Å². The van der Waals surface area contributed by atoms with E-state index in [9.17, 15) is 13.6 Å². The molecule has 6 nitrogen and oxygen atoms in total. The minimum atomic E-state index is -1.23. The van der Waals surface area contributed by atoms with Crippen molar-refractivity contribution in [3.05, 3.63) is 35.4 Å². The summed E-state index contributed by atoms with van der Waals surface area (Å²) in [7, 11) is 1.00. The Hall–Kier alpha value is -2.06. The SMILES string of the molecule is C/C=C(/O)C(C)CC.C/C=C\C(F)=C(/CF)C(=O)N=C(N)CCN.CC.CCC.CO. The second kappa shape index (κ2) is 32.6. The number of halogens is 2. The number of nitrogens with zero attached hydrogens (tertiary/aromatic N) is 1. The topological polar surface area (TPSA) is 122 Å². The molecular weight excluding hydrogens is 404 g/mol. The fourth-order valence-electron chi connectivity index (χ4n) is 1.37. The lowest BCUT2D eigenvalue weighted by molar-refractivity contribution is -0.114. The van der Waals surface area contributed by atoms with Crippen LogP contribution in [0.3, 0.4) is 0 Å². The summed E-state index contributed by atoms with van der Waals surface area (Å²) in [5, 5.41) is 16.0. The van der Waals surface area contributed by atoms with E-state index in [4.69, 9.17) is 21.7 Å². The summed E-state index contributed by atoms with van der Waals surface area (Å²) < 4.78 is 25.6. The van der Waals surface area contributed by atoms with Crippen molar-refractivity contribution in [3.63, 3.8) is 0 Å². The number of amidine groups is 1. The van der Waals surface area contributed by atoms with Gasteiger partial charge < -0.3 is 21.7 Å². The molecule has 1 atom stereocenters. The van der Waals surface area contributed by atoms with Crippen LogP contribution in [0.25, 0.3) is 0 Å². The molecule has 0 aromatic carbocycles. The van der Waals surface area contributed by atoms with E-state index >= 15 is 0 Å². The van der Waals surface area contributed by atoms with Crippen LogP contribution in [0.15, 0.2) is 40.4 Å². The molecule has 0 aromatic rings. The molecule has 0 rings (SSSR count). The Bertz CT molecular complexity index is 518. The average Bonchev–Trinajstić information content (AvgIpc) is 2.77. The first-order valence-electron chi connectivity index (χ1n) is 10.6. The van der Waals surface area contributed by atoms with Crippen LogP contribution in [0.1, 0.15) is 74.7 Å². The number of nitrogens with two attached hydrogens (primary N) is 2. The summed E-state index contributed by atoms with van der Waals surface area (Å²) in [6.45, 7) is 14.7. The van der Waals surface area contributed by atoms with E-state index in [1.807, 2.05) is 27.7 Å². The zero-order chi connectivity index (χ0) is 25.8. The van der Waals surface area contributed by atoms with Crippen molar-refractivity contribution in [2.45, 2.75) is 74.7 Å². The number of carbonyl (C=O) groups is 1. The number of rotatable bonds is 7. The quantitative estimate of drug-likeness (QED) is 0.133. The Labute approximate surface area is 188 Å². The molecule has 1 amide bonds. The number of hydrogen-bond donors (Lipinski definition) is 4. The van der Waals surface area contributed by atoms with Gasteiger partial charge in [0.1, 0.15) is 18.3 Å². The Morgan fingerprint density at radius 2 is 1.61 bits per heavy atom. The van der Waals surface area contributed by atoms with Crippen molar-refractivity contribution in [1.29, 1.82) is 0 Å². The number of alkyl halides is 1. The molecule has 0 fully saturated rings. The van der Waals surface area contributed by atoms with E-state index in [1.54, 1.807) is 13.0 Å².